The number of hydrogen-bond donors (Lipinski definition) is 1. The minimum absolute atomic E-state index is 0.0870. The third kappa shape index (κ3) is 6.40. The lowest BCUT2D eigenvalue weighted by Crippen LogP contribution is -2.17. The summed E-state index contributed by atoms with van der Waals surface area (Å²) in [6.07, 6.45) is 2.24. The molecule has 3 heteroatoms. The minimum Gasteiger partial charge on any atom is -0.466 e. The number of carbonyl (C=O) groups excluding carboxylic acids is 1. The Kier molecular flexibility index (Phi) is 7.11. The molecule has 0 unspecified atom stereocenters. The van der Waals surface area contributed by atoms with Gasteiger partial charge in [-0.2, -0.15) is 0 Å². The zero-order chi connectivity index (χ0) is 13.2. The van der Waals surface area contributed by atoms with Crippen molar-refractivity contribution in [2.75, 3.05) is 13.2 Å². The van der Waals surface area contributed by atoms with Gasteiger partial charge in [0.25, 0.3) is 0 Å². The molecule has 0 amide bonds. The number of aryl methyl sites for hydroxylation is 1. The molecule has 0 aromatic heterocycles. The van der Waals surface area contributed by atoms with E-state index in [1.807, 2.05) is 6.92 Å². The van der Waals surface area contributed by atoms with Crippen molar-refractivity contribution in [3.8, 4) is 0 Å². The highest BCUT2D eigenvalue weighted by molar-refractivity contribution is 5.69. The molecule has 3 nitrogen and oxygen atoms in total. The summed E-state index contributed by atoms with van der Waals surface area (Å²) < 4.78 is 5.07. The molecule has 0 spiro atoms. The smallest absolute Gasteiger partial charge is 0.305 e. The first kappa shape index (κ1) is 14.7. The van der Waals surface area contributed by atoms with Crippen LogP contribution in [0.15, 0.2) is 24.3 Å². The molecule has 0 bridgehead atoms. The zero-order valence-electron chi connectivity index (χ0n) is 11.4. The summed E-state index contributed by atoms with van der Waals surface area (Å²) >= 11 is 0. The first-order chi connectivity index (χ1) is 8.72. The summed E-state index contributed by atoms with van der Waals surface area (Å²) in [4.78, 5) is 11.1. The van der Waals surface area contributed by atoms with Crippen molar-refractivity contribution < 1.29 is 9.53 Å². The van der Waals surface area contributed by atoms with Crippen molar-refractivity contribution in [3.05, 3.63) is 35.4 Å². The number of esters is 1. The molecule has 18 heavy (non-hydrogen) atoms. The van der Waals surface area contributed by atoms with Crippen molar-refractivity contribution >= 4 is 5.97 Å². The number of ether oxygens (including phenoxy) is 1. The monoisotopic (exact) mass is 249 g/mol. The SMILES string of the molecule is CCCC(=O)OCCCNCc1ccc(C)cc1. The maximum atomic E-state index is 11.1. The Morgan fingerprint density at radius 2 is 2.00 bits per heavy atom. The standard InChI is InChI=1S/C15H23NO2/c1-3-5-15(17)18-11-4-10-16-12-14-8-6-13(2)7-9-14/h6-9,16H,3-5,10-12H2,1-2H3. The van der Waals surface area contributed by atoms with Crippen molar-refractivity contribution in [2.45, 2.75) is 39.7 Å². The van der Waals surface area contributed by atoms with Crippen LogP contribution in [-0.2, 0) is 16.1 Å². The Bertz CT molecular complexity index is 346. The maximum Gasteiger partial charge on any atom is 0.305 e. The van der Waals surface area contributed by atoms with Crippen molar-refractivity contribution in [2.24, 2.45) is 0 Å². The van der Waals surface area contributed by atoms with Gasteiger partial charge in [0.05, 0.1) is 6.61 Å². The fourth-order valence-corrected chi connectivity index (χ4v) is 1.60. The van der Waals surface area contributed by atoms with E-state index >= 15 is 0 Å². The maximum absolute atomic E-state index is 11.1. The average molecular weight is 249 g/mol. The lowest BCUT2D eigenvalue weighted by molar-refractivity contribution is -0.143. The molecule has 0 saturated carbocycles. The van der Waals surface area contributed by atoms with E-state index in [-0.39, 0.29) is 5.97 Å². The van der Waals surface area contributed by atoms with E-state index in [4.69, 9.17) is 4.74 Å². The normalized spacial score (nSPS) is 10.3. The molecule has 1 aromatic carbocycles. The van der Waals surface area contributed by atoms with E-state index in [0.717, 1.165) is 25.9 Å². The van der Waals surface area contributed by atoms with E-state index in [1.165, 1.54) is 11.1 Å². The highest BCUT2D eigenvalue weighted by atomic mass is 16.5. The van der Waals surface area contributed by atoms with Gasteiger partial charge in [0.2, 0.25) is 0 Å². The number of hydrogen-bond acceptors (Lipinski definition) is 3. The van der Waals surface area contributed by atoms with E-state index < -0.39 is 0 Å². The van der Waals surface area contributed by atoms with Gasteiger partial charge in [0.1, 0.15) is 0 Å². The summed E-state index contributed by atoms with van der Waals surface area (Å²) in [6.45, 7) is 6.31. The third-order valence-electron chi connectivity index (χ3n) is 2.66. The molecular weight excluding hydrogens is 226 g/mol. The van der Waals surface area contributed by atoms with Gasteiger partial charge in [0.15, 0.2) is 0 Å². The van der Waals surface area contributed by atoms with Crippen LogP contribution in [-0.4, -0.2) is 19.1 Å². The fraction of sp³-hybridized carbons (Fsp3) is 0.533. The van der Waals surface area contributed by atoms with E-state index in [9.17, 15) is 4.79 Å². The third-order valence-corrected chi connectivity index (χ3v) is 2.66. The predicted molar refractivity (Wildman–Crippen MR) is 73.4 cm³/mol. The molecule has 1 rings (SSSR count). The van der Waals surface area contributed by atoms with Crippen LogP contribution in [0.1, 0.15) is 37.3 Å². The number of nitrogens with one attached hydrogen (secondary N) is 1. The predicted octanol–water partition coefficient (Wildman–Crippen LogP) is 2.82. The molecule has 0 aliphatic heterocycles. The van der Waals surface area contributed by atoms with Crippen molar-refractivity contribution in [1.82, 2.24) is 5.32 Å². The highest BCUT2D eigenvalue weighted by Crippen LogP contribution is 2.02. The first-order valence-electron chi connectivity index (χ1n) is 6.64. The van der Waals surface area contributed by atoms with Gasteiger partial charge in [0, 0.05) is 13.0 Å². The molecule has 0 radical (unpaired) electrons. The molecule has 1 aromatic rings. The second-order valence-electron chi connectivity index (χ2n) is 4.49. The summed E-state index contributed by atoms with van der Waals surface area (Å²) in [5, 5.41) is 3.34. The molecule has 0 saturated heterocycles. The Labute approximate surface area is 110 Å². The molecule has 100 valence electrons. The number of rotatable bonds is 8. The van der Waals surface area contributed by atoms with Crippen LogP contribution in [0.3, 0.4) is 0 Å². The Hall–Kier alpha value is -1.35. The topological polar surface area (TPSA) is 38.3 Å². The van der Waals surface area contributed by atoms with Crippen LogP contribution in [0.4, 0.5) is 0 Å². The van der Waals surface area contributed by atoms with Crippen molar-refractivity contribution in [1.29, 1.82) is 0 Å². The molecule has 1 N–H and O–H groups in total. The molecule has 0 fully saturated rings. The van der Waals surface area contributed by atoms with Gasteiger partial charge in [-0.15, -0.1) is 0 Å². The van der Waals surface area contributed by atoms with Gasteiger partial charge in [-0.25, -0.2) is 0 Å². The van der Waals surface area contributed by atoms with Crippen LogP contribution < -0.4 is 5.32 Å². The lowest BCUT2D eigenvalue weighted by atomic mass is 10.1. The summed E-state index contributed by atoms with van der Waals surface area (Å²) in [7, 11) is 0. The van der Waals surface area contributed by atoms with Crippen molar-refractivity contribution in [3.63, 3.8) is 0 Å². The van der Waals surface area contributed by atoms with Crippen LogP contribution in [0, 0.1) is 6.92 Å². The van der Waals surface area contributed by atoms with Gasteiger partial charge < -0.3 is 10.1 Å². The van der Waals surface area contributed by atoms with E-state index in [2.05, 4.69) is 36.5 Å². The molecule has 0 atom stereocenters. The molecule has 0 aliphatic rings. The van der Waals surface area contributed by atoms with Gasteiger partial charge in [-0.1, -0.05) is 36.8 Å². The number of carbonyl (C=O) groups is 1. The Balaban J connectivity index is 2.02. The zero-order valence-corrected chi connectivity index (χ0v) is 11.4. The van der Waals surface area contributed by atoms with E-state index in [1.54, 1.807) is 0 Å². The average Bonchev–Trinajstić information content (AvgIpc) is 2.36. The molecule has 0 heterocycles. The van der Waals surface area contributed by atoms with Crippen LogP contribution >= 0.6 is 0 Å². The fourth-order valence-electron chi connectivity index (χ4n) is 1.60. The quantitative estimate of drug-likeness (QED) is 0.568. The second kappa shape index (κ2) is 8.70. The molecule has 0 aliphatic carbocycles. The van der Waals surface area contributed by atoms with Gasteiger partial charge in [-0.05, 0) is 31.9 Å². The van der Waals surface area contributed by atoms with Crippen LogP contribution in [0.25, 0.3) is 0 Å². The lowest BCUT2D eigenvalue weighted by Gasteiger charge is -2.06. The number of benzene rings is 1. The summed E-state index contributed by atoms with van der Waals surface area (Å²) in [6, 6.07) is 8.49. The van der Waals surface area contributed by atoms with Gasteiger partial charge >= 0.3 is 5.97 Å². The molecular formula is C15H23NO2. The second-order valence-corrected chi connectivity index (χ2v) is 4.49. The van der Waals surface area contributed by atoms with Crippen LogP contribution in [0.2, 0.25) is 0 Å². The minimum atomic E-state index is -0.0870. The van der Waals surface area contributed by atoms with E-state index in [0.29, 0.717) is 13.0 Å². The van der Waals surface area contributed by atoms with Crippen LogP contribution in [0.5, 0.6) is 0 Å². The summed E-state index contributed by atoms with van der Waals surface area (Å²) in [5.41, 5.74) is 2.56. The van der Waals surface area contributed by atoms with Gasteiger partial charge in [-0.3, -0.25) is 4.79 Å². The Morgan fingerprint density at radius 1 is 1.28 bits per heavy atom. The first-order valence-corrected chi connectivity index (χ1v) is 6.64. The highest BCUT2D eigenvalue weighted by Gasteiger charge is 1.99. The summed E-state index contributed by atoms with van der Waals surface area (Å²) in [5.74, 6) is -0.0870. The largest absolute Gasteiger partial charge is 0.466 e. The Morgan fingerprint density at radius 3 is 2.67 bits per heavy atom.